The number of carboxylic acid groups (broad SMARTS) is 1. The van der Waals surface area contributed by atoms with Crippen LogP contribution in [0, 0.1) is 19.8 Å². The number of aryl methyl sites for hydroxylation is 2. The topological polar surface area (TPSA) is 78.4 Å². The second kappa shape index (κ2) is 7.27. The smallest absolute Gasteiger partial charge is 0.306 e. The molecule has 0 amide bonds. The highest BCUT2D eigenvalue weighted by Crippen LogP contribution is 2.26. The largest absolute Gasteiger partial charge is 0.481 e. The van der Waals surface area contributed by atoms with E-state index >= 15 is 0 Å². The van der Waals surface area contributed by atoms with Gasteiger partial charge in [-0.15, -0.1) is 0 Å². The Bertz CT molecular complexity index is 789. The van der Waals surface area contributed by atoms with Crippen LogP contribution in [0.2, 0.25) is 5.02 Å². The Morgan fingerprint density at radius 1 is 1.24 bits per heavy atom. The quantitative estimate of drug-likeness (QED) is 0.863. The van der Waals surface area contributed by atoms with Gasteiger partial charge in [0, 0.05) is 35.6 Å². The van der Waals surface area contributed by atoms with Crippen molar-refractivity contribution in [1.29, 1.82) is 0 Å². The van der Waals surface area contributed by atoms with Gasteiger partial charge >= 0.3 is 5.97 Å². The lowest BCUT2D eigenvalue weighted by Crippen LogP contribution is -2.36. The second-order valence-corrected chi connectivity index (χ2v) is 6.81. The standard InChI is InChI=1S/C18H21ClN4O2/c1-11-3-4-14(19)10-15(11)21-18-20-12(2)9-16(22-18)23-7-5-13(6-8-23)17(24)25/h3-4,9-10,13H,5-8H2,1-2H3,(H,24,25)(H,20,21,22). The van der Waals surface area contributed by atoms with Crippen LogP contribution in [0.4, 0.5) is 17.5 Å². The molecule has 0 spiro atoms. The summed E-state index contributed by atoms with van der Waals surface area (Å²) < 4.78 is 0. The molecule has 132 valence electrons. The highest BCUT2D eigenvalue weighted by Gasteiger charge is 2.25. The maximum Gasteiger partial charge on any atom is 0.306 e. The van der Waals surface area contributed by atoms with Gasteiger partial charge in [-0.3, -0.25) is 4.79 Å². The lowest BCUT2D eigenvalue weighted by Gasteiger charge is -2.31. The number of piperidine rings is 1. The van der Waals surface area contributed by atoms with Crippen LogP contribution in [0.25, 0.3) is 0 Å². The van der Waals surface area contributed by atoms with Gasteiger partial charge in [0.2, 0.25) is 5.95 Å². The summed E-state index contributed by atoms with van der Waals surface area (Å²) in [5, 5.41) is 13.0. The Morgan fingerprint density at radius 3 is 2.64 bits per heavy atom. The summed E-state index contributed by atoms with van der Waals surface area (Å²) in [4.78, 5) is 22.3. The summed E-state index contributed by atoms with van der Waals surface area (Å²) in [7, 11) is 0. The number of aromatic nitrogens is 2. The number of rotatable bonds is 4. The number of nitrogens with one attached hydrogen (secondary N) is 1. The van der Waals surface area contributed by atoms with Crippen molar-refractivity contribution < 1.29 is 9.90 Å². The fourth-order valence-corrected chi connectivity index (χ4v) is 3.15. The summed E-state index contributed by atoms with van der Waals surface area (Å²) >= 11 is 6.07. The molecular formula is C18H21ClN4O2. The van der Waals surface area contributed by atoms with E-state index in [2.05, 4.69) is 20.2 Å². The molecule has 1 aliphatic heterocycles. The van der Waals surface area contributed by atoms with Gasteiger partial charge in [-0.05, 0) is 44.4 Å². The van der Waals surface area contributed by atoms with Crippen molar-refractivity contribution >= 4 is 35.0 Å². The van der Waals surface area contributed by atoms with Crippen LogP contribution in [0.1, 0.15) is 24.1 Å². The number of aliphatic carboxylic acids is 1. The molecule has 1 aromatic carbocycles. The van der Waals surface area contributed by atoms with Crippen LogP contribution in [0.5, 0.6) is 0 Å². The lowest BCUT2D eigenvalue weighted by atomic mass is 9.97. The van der Waals surface area contributed by atoms with E-state index < -0.39 is 5.97 Å². The van der Waals surface area contributed by atoms with Crippen molar-refractivity contribution in [3.63, 3.8) is 0 Å². The minimum absolute atomic E-state index is 0.258. The van der Waals surface area contributed by atoms with E-state index in [1.54, 1.807) is 0 Å². The van der Waals surface area contributed by atoms with Crippen molar-refractivity contribution in [2.24, 2.45) is 5.92 Å². The van der Waals surface area contributed by atoms with Crippen LogP contribution in [0.3, 0.4) is 0 Å². The Balaban J connectivity index is 1.79. The molecule has 1 saturated heterocycles. The molecule has 25 heavy (non-hydrogen) atoms. The van der Waals surface area contributed by atoms with Gasteiger partial charge in [-0.2, -0.15) is 4.98 Å². The highest BCUT2D eigenvalue weighted by molar-refractivity contribution is 6.30. The van der Waals surface area contributed by atoms with Crippen molar-refractivity contribution in [1.82, 2.24) is 9.97 Å². The van der Waals surface area contributed by atoms with Crippen molar-refractivity contribution in [2.45, 2.75) is 26.7 Å². The summed E-state index contributed by atoms with van der Waals surface area (Å²) in [6.07, 6.45) is 1.27. The van der Waals surface area contributed by atoms with Gasteiger partial charge in [0.05, 0.1) is 5.92 Å². The van der Waals surface area contributed by atoms with Crippen LogP contribution >= 0.6 is 11.6 Å². The number of halogens is 1. The molecule has 1 aliphatic rings. The number of hydrogen-bond donors (Lipinski definition) is 2. The van der Waals surface area contributed by atoms with Crippen molar-refractivity contribution in [3.05, 3.63) is 40.5 Å². The molecule has 2 aromatic rings. The molecule has 3 rings (SSSR count). The molecule has 0 aliphatic carbocycles. The molecule has 0 unspecified atom stereocenters. The zero-order valence-corrected chi connectivity index (χ0v) is 15.0. The molecule has 0 saturated carbocycles. The third-order valence-corrected chi connectivity index (χ3v) is 4.69. The molecule has 0 bridgehead atoms. The molecule has 1 aromatic heterocycles. The summed E-state index contributed by atoms with van der Waals surface area (Å²) in [6.45, 7) is 5.28. The van der Waals surface area contributed by atoms with Crippen LogP contribution in [-0.4, -0.2) is 34.1 Å². The first-order valence-corrected chi connectivity index (χ1v) is 8.67. The molecule has 7 heteroatoms. The van der Waals surface area contributed by atoms with Crippen LogP contribution < -0.4 is 10.2 Å². The van der Waals surface area contributed by atoms with Gasteiger partial charge in [0.25, 0.3) is 0 Å². The maximum absolute atomic E-state index is 11.1. The van der Waals surface area contributed by atoms with Gasteiger partial charge in [-0.25, -0.2) is 4.98 Å². The number of benzene rings is 1. The van der Waals surface area contributed by atoms with Gasteiger partial charge in [0.1, 0.15) is 5.82 Å². The first-order chi connectivity index (χ1) is 11.9. The zero-order valence-electron chi connectivity index (χ0n) is 14.3. The SMILES string of the molecule is Cc1cc(N2CCC(C(=O)O)CC2)nc(Nc2cc(Cl)ccc2C)n1. The number of hydrogen-bond acceptors (Lipinski definition) is 5. The van der Waals surface area contributed by atoms with E-state index in [4.69, 9.17) is 16.7 Å². The monoisotopic (exact) mass is 360 g/mol. The molecular weight excluding hydrogens is 340 g/mol. The molecule has 2 N–H and O–H groups in total. The third-order valence-electron chi connectivity index (χ3n) is 4.45. The van der Waals surface area contributed by atoms with E-state index in [0.29, 0.717) is 36.9 Å². The minimum atomic E-state index is -0.711. The molecule has 6 nitrogen and oxygen atoms in total. The predicted molar refractivity (Wildman–Crippen MR) is 98.8 cm³/mol. The van der Waals surface area contributed by atoms with Crippen molar-refractivity contribution in [3.8, 4) is 0 Å². The molecule has 0 radical (unpaired) electrons. The first-order valence-electron chi connectivity index (χ1n) is 8.29. The summed E-state index contributed by atoms with van der Waals surface area (Å²) in [5.41, 5.74) is 2.78. The zero-order chi connectivity index (χ0) is 18.0. The molecule has 0 atom stereocenters. The van der Waals surface area contributed by atoms with Crippen LogP contribution in [-0.2, 0) is 4.79 Å². The number of anilines is 3. The Kier molecular flexibility index (Phi) is 5.08. The third kappa shape index (κ3) is 4.20. The maximum atomic E-state index is 11.1. The van der Waals surface area contributed by atoms with Crippen LogP contribution in [0.15, 0.2) is 24.3 Å². The Morgan fingerprint density at radius 2 is 1.96 bits per heavy atom. The minimum Gasteiger partial charge on any atom is -0.481 e. The summed E-state index contributed by atoms with van der Waals surface area (Å²) in [5.74, 6) is 0.363. The van der Waals surface area contributed by atoms with E-state index in [0.717, 1.165) is 22.8 Å². The predicted octanol–water partition coefficient (Wildman–Crippen LogP) is 3.79. The second-order valence-electron chi connectivity index (χ2n) is 6.37. The number of nitrogens with zero attached hydrogens (tertiary/aromatic N) is 3. The van der Waals surface area contributed by atoms with E-state index in [1.807, 2.05) is 38.1 Å². The number of carbonyl (C=O) groups is 1. The number of carboxylic acids is 1. The fraction of sp³-hybridized carbons (Fsp3) is 0.389. The normalized spacial score (nSPS) is 15.2. The lowest BCUT2D eigenvalue weighted by molar-refractivity contribution is -0.142. The Hall–Kier alpha value is -2.34. The van der Waals surface area contributed by atoms with Gasteiger partial charge in [0.15, 0.2) is 0 Å². The first kappa shape index (κ1) is 17.5. The molecule has 1 fully saturated rings. The Labute approximate surface area is 151 Å². The summed E-state index contributed by atoms with van der Waals surface area (Å²) in [6, 6.07) is 7.56. The van der Waals surface area contributed by atoms with E-state index in [1.165, 1.54) is 0 Å². The van der Waals surface area contributed by atoms with Gasteiger partial charge < -0.3 is 15.3 Å². The average Bonchev–Trinajstić information content (AvgIpc) is 2.58. The van der Waals surface area contributed by atoms with Crippen molar-refractivity contribution in [2.75, 3.05) is 23.3 Å². The van der Waals surface area contributed by atoms with E-state index in [9.17, 15) is 4.79 Å². The molecule has 2 heterocycles. The average molecular weight is 361 g/mol. The van der Waals surface area contributed by atoms with E-state index in [-0.39, 0.29) is 5.92 Å². The highest BCUT2D eigenvalue weighted by atomic mass is 35.5. The van der Waals surface area contributed by atoms with Gasteiger partial charge in [-0.1, -0.05) is 17.7 Å². The fourth-order valence-electron chi connectivity index (χ4n) is 2.97.